The van der Waals surface area contributed by atoms with Crippen molar-refractivity contribution in [1.82, 2.24) is 5.16 Å². The summed E-state index contributed by atoms with van der Waals surface area (Å²) in [5, 5.41) is 3.83. The molecule has 1 heterocycles. The van der Waals surface area contributed by atoms with E-state index in [-0.39, 0.29) is 0 Å². The Morgan fingerprint density at radius 3 is 2.29 bits per heavy atom. The molecule has 0 atom stereocenters. The van der Waals surface area contributed by atoms with Gasteiger partial charge in [-0.25, -0.2) is 0 Å². The zero-order valence-electron chi connectivity index (χ0n) is 11.3. The summed E-state index contributed by atoms with van der Waals surface area (Å²) in [6, 6.07) is 0. The minimum Gasteiger partial charge on any atom is -0.381 e. The van der Waals surface area contributed by atoms with Gasteiger partial charge in [0.25, 0.3) is 0 Å². The second-order valence-electron chi connectivity index (χ2n) is 4.69. The van der Waals surface area contributed by atoms with E-state index < -0.39 is 0 Å². The maximum atomic E-state index is 5.73. The lowest BCUT2D eigenvalue weighted by atomic mass is 10.1. The molecule has 1 aromatic rings. The van der Waals surface area contributed by atoms with E-state index >= 15 is 0 Å². The summed E-state index contributed by atoms with van der Waals surface area (Å²) in [5.41, 5.74) is 6.84. The van der Waals surface area contributed by atoms with Crippen molar-refractivity contribution in [3.8, 4) is 0 Å². The predicted molar refractivity (Wildman–Crippen MR) is 72.0 cm³/mol. The standard InChI is InChI=1S/C14H26N2O/c1-3-5-6-7-8-9-10-11-13-12(4-2)14(15)16-17-13/h3-11H2,1-2H3,(H2,15,16). The molecule has 3 heteroatoms. The van der Waals surface area contributed by atoms with Gasteiger partial charge in [0.15, 0.2) is 5.82 Å². The maximum absolute atomic E-state index is 5.73. The van der Waals surface area contributed by atoms with Crippen LogP contribution in [0.4, 0.5) is 5.82 Å². The van der Waals surface area contributed by atoms with Gasteiger partial charge in [-0.15, -0.1) is 0 Å². The Balaban J connectivity index is 2.13. The molecule has 2 N–H and O–H groups in total. The minimum atomic E-state index is 0.574. The fraction of sp³-hybridized carbons (Fsp3) is 0.786. The van der Waals surface area contributed by atoms with Crippen LogP contribution in [-0.4, -0.2) is 5.16 Å². The van der Waals surface area contributed by atoms with E-state index in [4.69, 9.17) is 10.3 Å². The van der Waals surface area contributed by atoms with Gasteiger partial charge in [-0.1, -0.05) is 57.5 Å². The van der Waals surface area contributed by atoms with Crippen LogP contribution in [0.2, 0.25) is 0 Å². The van der Waals surface area contributed by atoms with Crippen LogP contribution in [0.5, 0.6) is 0 Å². The van der Waals surface area contributed by atoms with Gasteiger partial charge in [-0.2, -0.15) is 0 Å². The van der Waals surface area contributed by atoms with Crippen LogP contribution < -0.4 is 5.73 Å². The molecule has 1 aromatic heterocycles. The lowest BCUT2D eigenvalue weighted by Gasteiger charge is -2.01. The predicted octanol–water partition coefficient (Wildman–Crippen LogP) is 4.11. The summed E-state index contributed by atoms with van der Waals surface area (Å²) in [7, 11) is 0. The fourth-order valence-corrected chi connectivity index (χ4v) is 2.17. The van der Waals surface area contributed by atoms with E-state index in [1.165, 1.54) is 44.9 Å². The number of nitrogens with zero attached hydrogens (tertiary/aromatic N) is 1. The molecule has 1 rings (SSSR count). The molecule has 0 fully saturated rings. The number of aryl methyl sites for hydroxylation is 1. The number of nitrogen functional groups attached to an aromatic ring is 1. The summed E-state index contributed by atoms with van der Waals surface area (Å²) < 4.78 is 5.26. The Morgan fingerprint density at radius 1 is 1.00 bits per heavy atom. The Hall–Kier alpha value is -0.990. The number of nitrogens with two attached hydrogens (primary N) is 1. The zero-order chi connectivity index (χ0) is 12.5. The van der Waals surface area contributed by atoms with E-state index in [0.717, 1.165) is 24.2 Å². The van der Waals surface area contributed by atoms with E-state index in [9.17, 15) is 0 Å². The summed E-state index contributed by atoms with van der Waals surface area (Å²) >= 11 is 0. The van der Waals surface area contributed by atoms with E-state index in [0.29, 0.717) is 5.82 Å². The zero-order valence-corrected chi connectivity index (χ0v) is 11.3. The average molecular weight is 238 g/mol. The van der Waals surface area contributed by atoms with Crippen molar-refractivity contribution in [3.05, 3.63) is 11.3 Å². The molecule has 0 radical (unpaired) electrons. The van der Waals surface area contributed by atoms with Crippen LogP contribution in [0, 0.1) is 0 Å². The molecule has 98 valence electrons. The van der Waals surface area contributed by atoms with E-state index in [2.05, 4.69) is 19.0 Å². The molecule has 0 saturated carbocycles. The van der Waals surface area contributed by atoms with Crippen LogP contribution in [0.25, 0.3) is 0 Å². The van der Waals surface area contributed by atoms with Gasteiger partial charge in [-0.05, 0) is 12.8 Å². The second kappa shape index (κ2) is 8.15. The molecular weight excluding hydrogens is 212 g/mol. The molecular formula is C14H26N2O. The lowest BCUT2D eigenvalue weighted by molar-refractivity contribution is 0.379. The molecule has 0 unspecified atom stereocenters. The number of hydrogen-bond donors (Lipinski definition) is 1. The van der Waals surface area contributed by atoms with Crippen molar-refractivity contribution in [1.29, 1.82) is 0 Å². The number of hydrogen-bond acceptors (Lipinski definition) is 3. The molecule has 3 nitrogen and oxygen atoms in total. The van der Waals surface area contributed by atoms with Crippen molar-refractivity contribution < 1.29 is 4.52 Å². The second-order valence-corrected chi connectivity index (χ2v) is 4.69. The van der Waals surface area contributed by atoms with Crippen LogP contribution in [0.3, 0.4) is 0 Å². The number of aromatic nitrogens is 1. The highest BCUT2D eigenvalue weighted by Gasteiger charge is 2.10. The first kappa shape index (κ1) is 14.1. The number of rotatable bonds is 9. The molecule has 0 saturated heterocycles. The van der Waals surface area contributed by atoms with Gasteiger partial charge in [0.1, 0.15) is 5.76 Å². The van der Waals surface area contributed by atoms with Crippen molar-refractivity contribution in [2.24, 2.45) is 0 Å². The van der Waals surface area contributed by atoms with Crippen molar-refractivity contribution in [2.75, 3.05) is 5.73 Å². The third-order valence-electron chi connectivity index (χ3n) is 3.26. The van der Waals surface area contributed by atoms with Crippen molar-refractivity contribution in [3.63, 3.8) is 0 Å². The molecule has 0 spiro atoms. The Labute approximate surface area is 105 Å². The van der Waals surface area contributed by atoms with Gasteiger partial charge in [0, 0.05) is 12.0 Å². The Kier molecular flexibility index (Phi) is 6.75. The van der Waals surface area contributed by atoms with Gasteiger partial charge in [-0.3, -0.25) is 0 Å². The Bertz CT molecular complexity index is 307. The summed E-state index contributed by atoms with van der Waals surface area (Å²) in [6.07, 6.45) is 11.2. The highest BCUT2D eigenvalue weighted by atomic mass is 16.5. The van der Waals surface area contributed by atoms with Crippen molar-refractivity contribution >= 4 is 5.82 Å². The molecule has 0 amide bonds. The summed E-state index contributed by atoms with van der Waals surface area (Å²) in [6.45, 7) is 4.34. The summed E-state index contributed by atoms with van der Waals surface area (Å²) in [4.78, 5) is 0. The van der Waals surface area contributed by atoms with Crippen LogP contribution in [0.15, 0.2) is 4.52 Å². The highest BCUT2D eigenvalue weighted by molar-refractivity contribution is 5.40. The molecule has 0 aliphatic rings. The van der Waals surface area contributed by atoms with Crippen LogP contribution in [0.1, 0.15) is 70.1 Å². The highest BCUT2D eigenvalue weighted by Crippen LogP contribution is 2.19. The minimum absolute atomic E-state index is 0.574. The molecule has 0 bridgehead atoms. The first-order valence-electron chi connectivity index (χ1n) is 7.02. The van der Waals surface area contributed by atoms with Crippen molar-refractivity contribution in [2.45, 2.75) is 71.6 Å². The first-order chi connectivity index (χ1) is 8.29. The third kappa shape index (κ3) is 4.80. The fourth-order valence-electron chi connectivity index (χ4n) is 2.17. The smallest absolute Gasteiger partial charge is 0.170 e. The monoisotopic (exact) mass is 238 g/mol. The molecule has 0 aromatic carbocycles. The lowest BCUT2D eigenvalue weighted by Crippen LogP contribution is -1.93. The van der Waals surface area contributed by atoms with Gasteiger partial charge < -0.3 is 10.3 Å². The van der Waals surface area contributed by atoms with Crippen LogP contribution >= 0.6 is 0 Å². The first-order valence-corrected chi connectivity index (χ1v) is 7.02. The summed E-state index contributed by atoms with van der Waals surface area (Å²) in [5.74, 6) is 1.57. The number of anilines is 1. The normalized spacial score (nSPS) is 10.9. The quantitative estimate of drug-likeness (QED) is 0.659. The largest absolute Gasteiger partial charge is 0.381 e. The molecule has 0 aliphatic heterocycles. The maximum Gasteiger partial charge on any atom is 0.170 e. The third-order valence-corrected chi connectivity index (χ3v) is 3.26. The van der Waals surface area contributed by atoms with Gasteiger partial charge in [0.05, 0.1) is 0 Å². The molecule has 17 heavy (non-hydrogen) atoms. The van der Waals surface area contributed by atoms with Gasteiger partial charge >= 0.3 is 0 Å². The topological polar surface area (TPSA) is 52.0 Å². The number of unbranched alkanes of at least 4 members (excludes halogenated alkanes) is 6. The van der Waals surface area contributed by atoms with E-state index in [1.807, 2.05) is 0 Å². The average Bonchev–Trinajstić information content (AvgIpc) is 2.69. The Morgan fingerprint density at radius 2 is 1.65 bits per heavy atom. The van der Waals surface area contributed by atoms with E-state index in [1.54, 1.807) is 0 Å². The van der Waals surface area contributed by atoms with Gasteiger partial charge in [0.2, 0.25) is 0 Å². The SMILES string of the molecule is CCCCCCCCCc1onc(N)c1CC. The van der Waals surface area contributed by atoms with Crippen LogP contribution in [-0.2, 0) is 12.8 Å². The molecule has 0 aliphatic carbocycles.